The summed E-state index contributed by atoms with van der Waals surface area (Å²) >= 11 is 0. The highest BCUT2D eigenvalue weighted by molar-refractivity contribution is 5.78. The zero-order chi connectivity index (χ0) is 13.2. The molecule has 0 aliphatic carbocycles. The van der Waals surface area contributed by atoms with Crippen molar-refractivity contribution in [2.75, 3.05) is 0 Å². The lowest BCUT2D eigenvalue weighted by Gasteiger charge is -2.04. The van der Waals surface area contributed by atoms with Gasteiger partial charge in [0.15, 0.2) is 0 Å². The molecule has 0 spiro atoms. The van der Waals surface area contributed by atoms with Gasteiger partial charge >= 0.3 is 6.18 Å². The number of fused-ring (bicyclic) bond motifs is 1. The molecule has 1 heterocycles. The standard InChI is InChI=1S/C14H14F3O/c1-2-3-4-5-12-9-10-8-11(14(15,16)17)6-7-13(10)18-12/h2,6-9H,3-5H2,1H3/q-1. The second-order valence-corrected chi connectivity index (χ2v) is 4.26. The molecule has 1 aromatic heterocycles. The average molecular weight is 255 g/mol. The normalized spacial score (nSPS) is 12.2. The van der Waals surface area contributed by atoms with Crippen molar-refractivity contribution >= 4 is 11.0 Å². The van der Waals surface area contributed by atoms with Crippen LogP contribution in [-0.2, 0) is 12.6 Å². The smallest absolute Gasteiger partial charge is 0.416 e. The van der Waals surface area contributed by atoms with Gasteiger partial charge in [-0.3, -0.25) is 0 Å². The highest BCUT2D eigenvalue weighted by Gasteiger charge is 2.30. The molecule has 0 fully saturated rings. The Morgan fingerprint density at radius 3 is 2.67 bits per heavy atom. The van der Waals surface area contributed by atoms with Crippen molar-refractivity contribution in [3.63, 3.8) is 0 Å². The summed E-state index contributed by atoms with van der Waals surface area (Å²) in [5.41, 5.74) is -0.122. The third-order valence-corrected chi connectivity index (χ3v) is 2.81. The first kappa shape index (κ1) is 13.0. The fourth-order valence-corrected chi connectivity index (χ4v) is 1.88. The average Bonchev–Trinajstić information content (AvgIpc) is 2.69. The third kappa shape index (κ3) is 2.86. The van der Waals surface area contributed by atoms with Crippen molar-refractivity contribution < 1.29 is 17.6 Å². The molecule has 1 nitrogen and oxygen atoms in total. The molecule has 1 aromatic carbocycles. The maximum absolute atomic E-state index is 12.5. The van der Waals surface area contributed by atoms with Gasteiger partial charge in [-0.05, 0) is 24.3 Å². The number of hydrogen-bond acceptors (Lipinski definition) is 1. The Morgan fingerprint density at radius 1 is 1.22 bits per heavy atom. The number of aryl methyl sites for hydroxylation is 1. The zero-order valence-corrected chi connectivity index (χ0v) is 10.1. The third-order valence-electron chi connectivity index (χ3n) is 2.81. The van der Waals surface area contributed by atoms with Crippen LogP contribution < -0.4 is 0 Å². The monoisotopic (exact) mass is 255 g/mol. The van der Waals surface area contributed by atoms with Crippen LogP contribution in [0.3, 0.4) is 0 Å². The van der Waals surface area contributed by atoms with Crippen LogP contribution in [0.5, 0.6) is 0 Å². The number of unbranched alkanes of at least 4 members (excludes halogenated alkanes) is 2. The Morgan fingerprint density at radius 2 is 2.00 bits per heavy atom. The van der Waals surface area contributed by atoms with Crippen molar-refractivity contribution in [2.24, 2.45) is 0 Å². The van der Waals surface area contributed by atoms with Crippen LogP contribution in [0, 0.1) is 6.42 Å². The van der Waals surface area contributed by atoms with Crippen LogP contribution in [0.2, 0.25) is 0 Å². The lowest BCUT2D eigenvalue weighted by molar-refractivity contribution is -0.137. The molecular formula is C14H14F3O-. The number of benzene rings is 1. The number of halogens is 3. The highest BCUT2D eigenvalue weighted by Crippen LogP contribution is 2.32. The van der Waals surface area contributed by atoms with Gasteiger partial charge in [0.2, 0.25) is 0 Å². The fourth-order valence-electron chi connectivity index (χ4n) is 1.88. The maximum atomic E-state index is 12.5. The number of alkyl halides is 3. The Kier molecular flexibility index (Phi) is 3.64. The largest absolute Gasteiger partial charge is 0.461 e. The fraction of sp³-hybridized carbons (Fsp3) is 0.357. The predicted octanol–water partition coefficient (Wildman–Crippen LogP) is 5.00. The minimum Gasteiger partial charge on any atom is -0.461 e. The Balaban J connectivity index is 2.23. The van der Waals surface area contributed by atoms with Crippen LogP contribution in [0.1, 0.15) is 31.1 Å². The Bertz CT molecular complexity index is 525. The van der Waals surface area contributed by atoms with Crippen LogP contribution in [0.15, 0.2) is 28.7 Å². The van der Waals surface area contributed by atoms with E-state index in [9.17, 15) is 13.2 Å². The number of furan rings is 1. The minimum atomic E-state index is -4.30. The summed E-state index contributed by atoms with van der Waals surface area (Å²) in [5.74, 6) is 0.742. The van der Waals surface area contributed by atoms with E-state index in [1.54, 1.807) is 6.07 Å². The lowest BCUT2D eigenvalue weighted by Crippen LogP contribution is -2.03. The molecule has 0 saturated heterocycles. The molecule has 0 unspecified atom stereocenters. The summed E-state index contributed by atoms with van der Waals surface area (Å²) in [5, 5.41) is 0.514. The maximum Gasteiger partial charge on any atom is 0.416 e. The van der Waals surface area contributed by atoms with Crippen LogP contribution >= 0.6 is 0 Å². The van der Waals surface area contributed by atoms with Gasteiger partial charge in [0.1, 0.15) is 11.3 Å². The predicted molar refractivity (Wildman–Crippen MR) is 64.1 cm³/mol. The van der Waals surface area contributed by atoms with E-state index < -0.39 is 11.7 Å². The molecule has 4 heteroatoms. The van der Waals surface area contributed by atoms with E-state index in [1.165, 1.54) is 6.07 Å². The van der Waals surface area contributed by atoms with Crippen molar-refractivity contribution in [1.82, 2.24) is 0 Å². The molecule has 0 atom stereocenters. The van der Waals surface area contributed by atoms with Crippen LogP contribution in [0.25, 0.3) is 11.0 Å². The second kappa shape index (κ2) is 5.04. The molecule has 0 N–H and O–H groups in total. The van der Waals surface area contributed by atoms with Crippen molar-refractivity contribution in [3.8, 4) is 0 Å². The van der Waals surface area contributed by atoms with E-state index in [4.69, 9.17) is 4.42 Å². The molecule has 0 bridgehead atoms. The zero-order valence-electron chi connectivity index (χ0n) is 10.1. The first-order valence-corrected chi connectivity index (χ1v) is 5.88. The van der Waals surface area contributed by atoms with E-state index in [0.717, 1.165) is 37.2 Å². The summed E-state index contributed by atoms with van der Waals surface area (Å²) in [6.07, 6.45) is 0.431. The SMILES string of the molecule is C[CH-]CCCc1cc2cc(C(F)(F)F)ccc2o1. The summed E-state index contributed by atoms with van der Waals surface area (Å²) in [6, 6.07) is 5.26. The second-order valence-electron chi connectivity index (χ2n) is 4.26. The molecular weight excluding hydrogens is 241 g/mol. The molecule has 2 aromatic rings. The van der Waals surface area contributed by atoms with Crippen LogP contribution in [0.4, 0.5) is 13.2 Å². The Labute approximate surface area is 104 Å². The quantitative estimate of drug-likeness (QED) is 0.553. The molecule has 0 saturated carbocycles. The molecule has 0 radical (unpaired) electrons. The summed E-state index contributed by atoms with van der Waals surface area (Å²) in [4.78, 5) is 0. The van der Waals surface area contributed by atoms with Gasteiger partial charge in [0, 0.05) is 11.8 Å². The lowest BCUT2D eigenvalue weighted by atomic mass is 10.1. The van der Waals surface area contributed by atoms with Gasteiger partial charge in [-0.15, -0.1) is 0 Å². The Hall–Kier alpha value is -1.45. The topological polar surface area (TPSA) is 13.1 Å². The van der Waals surface area contributed by atoms with E-state index >= 15 is 0 Å². The number of hydrogen-bond donors (Lipinski definition) is 0. The van der Waals surface area contributed by atoms with Crippen molar-refractivity contribution in [3.05, 3.63) is 42.0 Å². The molecule has 0 amide bonds. The molecule has 18 heavy (non-hydrogen) atoms. The van der Waals surface area contributed by atoms with E-state index in [2.05, 4.69) is 6.42 Å². The van der Waals surface area contributed by atoms with Gasteiger partial charge in [-0.25, -0.2) is 0 Å². The van der Waals surface area contributed by atoms with Gasteiger partial charge in [-0.1, -0.05) is 6.42 Å². The summed E-state index contributed by atoms with van der Waals surface area (Å²) < 4.78 is 43.1. The van der Waals surface area contributed by atoms with Gasteiger partial charge in [0.05, 0.1) is 5.56 Å². The molecule has 98 valence electrons. The van der Waals surface area contributed by atoms with E-state index in [-0.39, 0.29) is 0 Å². The van der Waals surface area contributed by atoms with Gasteiger partial charge in [-0.2, -0.15) is 26.5 Å². The first-order valence-electron chi connectivity index (χ1n) is 5.88. The number of rotatable bonds is 4. The molecule has 0 aliphatic heterocycles. The first-order chi connectivity index (χ1) is 8.50. The minimum absolute atomic E-state index is 0.512. The molecule has 0 aliphatic rings. The van der Waals surface area contributed by atoms with Crippen molar-refractivity contribution in [1.29, 1.82) is 0 Å². The summed E-state index contributed by atoms with van der Waals surface area (Å²) in [7, 11) is 0. The molecule has 2 rings (SSSR count). The summed E-state index contributed by atoms with van der Waals surface area (Å²) in [6.45, 7) is 1.98. The van der Waals surface area contributed by atoms with E-state index in [1.807, 2.05) is 6.92 Å². The van der Waals surface area contributed by atoms with Crippen molar-refractivity contribution in [2.45, 2.75) is 32.4 Å². The van der Waals surface area contributed by atoms with Crippen LogP contribution in [-0.4, -0.2) is 0 Å². The van der Waals surface area contributed by atoms with Gasteiger partial charge < -0.3 is 10.8 Å². The van der Waals surface area contributed by atoms with Gasteiger partial charge in [0.25, 0.3) is 0 Å². The highest BCUT2D eigenvalue weighted by atomic mass is 19.4. The van der Waals surface area contributed by atoms with E-state index in [0.29, 0.717) is 11.0 Å².